The number of nitrogens with zero attached hydrogens (tertiary/aromatic N) is 3. The standard InChI is InChI=1S/C25H27N3O3/c1-17-26-12-22(31-17)18-2-3-19-11-27-21(9-20(19)8-18)10-23(29)25-13-24(14-25,15-25)16-28-4-6-30-7-5-28/h2-3,8-9,11-12H,4-7,10,13-16H2,1H3. The minimum atomic E-state index is -0.0812. The van der Waals surface area contributed by atoms with E-state index in [1.807, 2.05) is 25.3 Å². The average molecular weight is 418 g/mol. The number of ketones is 1. The van der Waals surface area contributed by atoms with E-state index in [2.05, 4.69) is 27.0 Å². The smallest absolute Gasteiger partial charge is 0.191 e. The van der Waals surface area contributed by atoms with E-state index in [-0.39, 0.29) is 5.41 Å². The summed E-state index contributed by atoms with van der Waals surface area (Å²) in [5.41, 5.74) is 2.15. The van der Waals surface area contributed by atoms with Gasteiger partial charge in [0.05, 0.1) is 19.4 Å². The highest BCUT2D eigenvalue weighted by molar-refractivity contribution is 5.91. The van der Waals surface area contributed by atoms with Gasteiger partial charge in [-0.25, -0.2) is 4.98 Å². The Morgan fingerprint density at radius 1 is 1.06 bits per heavy atom. The van der Waals surface area contributed by atoms with E-state index in [9.17, 15) is 4.79 Å². The van der Waals surface area contributed by atoms with Crippen molar-refractivity contribution in [2.75, 3.05) is 32.8 Å². The molecular formula is C25H27N3O3. The average Bonchev–Trinajstić information content (AvgIpc) is 3.16. The zero-order valence-corrected chi connectivity index (χ0v) is 17.9. The minimum absolute atomic E-state index is 0.0812. The van der Waals surface area contributed by atoms with Crippen molar-refractivity contribution in [3.05, 3.63) is 48.2 Å². The van der Waals surface area contributed by atoms with Gasteiger partial charge in [-0.15, -0.1) is 0 Å². The molecule has 6 heteroatoms. The van der Waals surface area contributed by atoms with Crippen LogP contribution in [-0.2, 0) is 16.0 Å². The third-order valence-corrected chi connectivity index (χ3v) is 7.42. The lowest BCUT2D eigenvalue weighted by atomic mass is 9.33. The highest BCUT2D eigenvalue weighted by Crippen LogP contribution is 2.74. The van der Waals surface area contributed by atoms with E-state index in [1.54, 1.807) is 6.20 Å². The molecule has 2 aromatic heterocycles. The van der Waals surface area contributed by atoms with Gasteiger partial charge in [0.2, 0.25) is 0 Å². The van der Waals surface area contributed by atoms with Gasteiger partial charge in [0.1, 0.15) is 5.78 Å². The van der Waals surface area contributed by atoms with Gasteiger partial charge in [0, 0.05) is 61.2 Å². The zero-order chi connectivity index (χ0) is 21.1. The number of rotatable bonds is 6. The number of hydrogen-bond acceptors (Lipinski definition) is 6. The maximum Gasteiger partial charge on any atom is 0.191 e. The van der Waals surface area contributed by atoms with Crippen molar-refractivity contribution in [3.63, 3.8) is 0 Å². The van der Waals surface area contributed by atoms with Crippen LogP contribution >= 0.6 is 0 Å². The van der Waals surface area contributed by atoms with Crippen LogP contribution in [0, 0.1) is 17.8 Å². The molecule has 0 N–H and O–H groups in total. The molecule has 0 unspecified atom stereocenters. The number of carbonyl (C=O) groups excluding carboxylic acids is 1. The van der Waals surface area contributed by atoms with Crippen LogP contribution in [0.2, 0.25) is 0 Å². The first kappa shape index (κ1) is 19.1. The van der Waals surface area contributed by atoms with Crippen molar-refractivity contribution in [1.82, 2.24) is 14.9 Å². The van der Waals surface area contributed by atoms with E-state index in [1.165, 1.54) is 0 Å². The third kappa shape index (κ3) is 3.29. The monoisotopic (exact) mass is 417 g/mol. The number of Topliss-reactive ketones (excluding diaryl/α,β-unsaturated/α-hetero) is 1. The number of carbonyl (C=O) groups is 1. The normalized spacial score (nSPS) is 27.6. The molecule has 4 aliphatic rings. The van der Waals surface area contributed by atoms with Crippen LogP contribution in [0.25, 0.3) is 22.1 Å². The number of ether oxygens (including phenoxy) is 1. The van der Waals surface area contributed by atoms with Gasteiger partial charge < -0.3 is 9.15 Å². The maximum absolute atomic E-state index is 13.1. The lowest BCUT2D eigenvalue weighted by molar-refractivity contribution is -0.213. The van der Waals surface area contributed by atoms with Gasteiger partial charge in [-0.2, -0.15) is 0 Å². The summed E-state index contributed by atoms with van der Waals surface area (Å²) in [6, 6.07) is 8.19. The summed E-state index contributed by atoms with van der Waals surface area (Å²) < 4.78 is 11.1. The Morgan fingerprint density at radius 2 is 1.87 bits per heavy atom. The summed E-state index contributed by atoms with van der Waals surface area (Å²) in [5, 5.41) is 2.14. The molecule has 3 aromatic rings. The quantitative estimate of drug-likeness (QED) is 0.608. The lowest BCUT2D eigenvalue weighted by Crippen LogP contribution is -2.69. The molecule has 3 aliphatic carbocycles. The van der Waals surface area contributed by atoms with Gasteiger partial charge in [0.15, 0.2) is 11.7 Å². The molecule has 7 rings (SSSR count). The Bertz CT molecular complexity index is 1140. The van der Waals surface area contributed by atoms with Crippen molar-refractivity contribution >= 4 is 16.6 Å². The Labute approximate surface area is 181 Å². The molecule has 160 valence electrons. The highest BCUT2D eigenvalue weighted by atomic mass is 16.5. The molecule has 4 fully saturated rings. The molecule has 2 bridgehead atoms. The molecule has 1 saturated heterocycles. The second kappa shape index (κ2) is 6.97. The van der Waals surface area contributed by atoms with Crippen LogP contribution in [-0.4, -0.2) is 53.5 Å². The van der Waals surface area contributed by atoms with Crippen LogP contribution in [0.3, 0.4) is 0 Å². The Balaban J connectivity index is 1.14. The number of hydrogen-bond donors (Lipinski definition) is 0. The Kier molecular flexibility index (Phi) is 4.30. The van der Waals surface area contributed by atoms with Gasteiger partial charge in [0.25, 0.3) is 0 Å². The van der Waals surface area contributed by atoms with E-state index < -0.39 is 0 Å². The van der Waals surface area contributed by atoms with Crippen molar-refractivity contribution in [1.29, 1.82) is 0 Å². The van der Waals surface area contributed by atoms with E-state index >= 15 is 0 Å². The molecule has 6 nitrogen and oxygen atoms in total. The van der Waals surface area contributed by atoms with Crippen LogP contribution in [0.4, 0.5) is 0 Å². The SMILES string of the molecule is Cc1ncc(-c2ccc3cnc(CC(=O)C45CC(CN6CCOCC6)(C4)C5)cc3c2)o1. The van der Waals surface area contributed by atoms with Crippen LogP contribution in [0.15, 0.2) is 41.1 Å². The molecule has 0 spiro atoms. The van der Waals surface area contributed by atoms with E-state index in [0.717, 1.165) is 79.9 Å². The van der Waals surface area contributed by atoms with Crippen molar-refractivity contribution in [2.45, 2.75) is 32.6 Å². The summed E-state index contributed by atoms with van der Waals surface area (Å²) >= 11 is 0. The highest BCUT2D eigenvalue weighted by Gasteiger charge is 2.70. The summed E-state index contributed by atoms with van der Waals surface area (Å²) in [5.74, 6) is 1.78. The Hall–Kier alpha value is -2.57. The second-order valence-corrected chi connectivity index (χ2v) is 9.78. The number of fused-ring (bicyclic) bond motifs is 1. The molecule has 1 aromatic carbocycles. The number of pyridine rings is 1. The molecule has 1 aliphatic heterocycles. The summed E-state index contributed by atoms with van der Waals surface area (Å²) in [4.78, 5) is 24.4. The molecule has 0 amide bonds. The molecule has 0 atom stereocenters. The number of benzene rings is 1. The number of morpholine rings is 1. The third-order valence-electron chi connectivity index (χ3n) is 7.42. The molecule has 31 heavy (non-hydrogen) atoms. The molecule has 3 saturated carbocycles. The number of aromatic nitrogens is 2. The predicted molar refractivity (Wildman–Crippen MR) is 117 cm³/mol. The van der Waals surface area contributed by atoms with Crippen LogP contribution < -0.4 is 0 Å². The zero-order valence-electron chi connectivity index (χ0n) is 17.9. The predicted octanol–water partition coefficient (Wildman–Crippen LogP) is 3.81. The number of aryl methyl sites for hydroxylation is 1. The van der Waals surface area contributed by atoms with Crippen LogP contribution in [0.1, 0.15) is 30.8 Å². The first-order valence-electron chi connectivity index (χ1n) is 11.2. The van der Waals surface area contributed by atoms with Crippen LogP contribution in [0.5, 0.6) is 0 Å². The van der Waals surface area contributed by atoms with Crippen molar-refractivity contribution < 1.29 is 13.9 Å². The molecular weight excluding hydrogens is 390 g/mol. The summed E-state index contributed by atoms with van der Waals surface area (Å²) in [6.45, 7) is 6.70. The topological polar surface area (TPSA) is 68.5 Å². The van der Waals surface area contributed by atoms with Gasteiger partial charge >= 0.3 is 0 Å². The van der Waals surface area contributed by atoms with E-state index in [4.69, 9.17) is 9.15 Å². The largest absolute Gasteiger partial charge is 0.441 e. The first-order valence-corrected chi connectivity index (χ1v) is 11.2. The van der Waals surface area contributed by atoms with Crippen molar-refractivity contribution in [3.8, 4) is 11.3 Å². The van der Waals surface area contributed by atoms with Gasteiger partial charge in [-0.1, -0.05) is 12.1 Å². The summed E-state index contributed by atoms with van der Waals surface area (Å²) in [6.07, 6.45) is 7.21. The first-order chi connectivity index (χ1) is 15.0. The second-order valence-electron chi connectivity index (χ2n) is 9.78. The lowest BCUT2D eigenvalue weighted by Gasteiger charge is -2.71. The fourth-order valence-corrected chi connectivity index (χ4v) is 5.98. The fraction of sp³-hybridized carbons (Fsp3) is 0.480. The minimum Gasteiger partial charge on any atom is -0.441 e. The summed E-state index contributed by atoms with van der Waals surface area (Å²) in [7, 11) is 0. The molecule has 0 radical (unpaired) electrons. The van der Waals surface area contributed by atoms with Crippen molar-refractivity contribution in [2.24, 2.45) is 10.8 Å². The van der Waals surface area contributed by atoms with Gasteiger partial charge in [-0.05, 0) is 42.2 Å². The Morgan fingerprint density at radius 3 is 2.61 bits per heavy atom. The maximum atomic E-state index is 13.1. The number of oxazole rings is 1. The molecule has 3 heterocycles. The van der Waals surface area contributed by atoms with E-state index in [0.29, 0.717) is 23.5 Å². The fourth-order valence-electron chi connectivity index (χ4n) is 5.98. The van der Waals surface area contributed by atoms with Gasteiger partial charge in [-0.3, -0.25) is 14.7 Å².